The largest absolute Gasteiger partial charge is 0.487 e. The van der Waals surface area contributed by atoms with Gasteiger partial charge in [-0.25, -0.2) is 0 Å². The number of hydrogen-bond acceptors (Lipinski definition) is 6. The van der Waals surface area contributed by atoms with Gasteiger partial charge in [-0.1, -0.05) is 51.1 Å². The van der Waals surface area contributed by atoms with Crippen molar-refractivity contribution >= 4 is 28.6 Å². The lowest BCUT2D eigenvalue weighted by molar-refractivity contribution is -0.145. The van der Waals surface area contributed by atoms with Crippen molar-refractivity contribution in [2.24, 2.45) is 0 Å². The molecule has 1 atom stereocenters. The van der Waals surface area contributed by atoms with Gasteiger partial charge in [0.2, 0.25) is 0 Å². The summed E-state index contributed by atoms with van der Waals surface area (Å²) in [5.74, 6) is -0.244. The predicted molar refractivity (Wildman–Crippen MR) is 175 cm³/mol. The van der Waals surface area contributed by atoms with Crippen LogP contribution in [0.4, 0.5) is 13.2 Å². The van der Waals surface area contributed by atoms with Crippen LogP contribution >= 0.6 is 11.8 Å². The summed E-state index contributed by atoms with van der Waals surface area (Å²) in [7, 11) is 0. The van der Waals surface area contributed by atoms with Crippen molar-refractivity contribution in [2.45, 2.75) is 69.4 Å². The number of rotatable bonds is 10. The lowest BCUT2D eigenvalue weighted by Crippen LogP contribution is -2.20. The molecule has 240 valence electrons. The summed E-state index contributed by atoms with van der Waals surface area (Å²) < 4.78 is 50.6. The molecule has 0 radical (unpaired) electrons. The van der Waals surface area contributed by atoms with Crippen LogP contribution in [0, 0.1) is 6.92 Å². The number of thioether (sulfide) groups is 1. The molecule has 2 aromatic carbocycles. The van der Waals surface area contributed by atoms with Crippen LogP contribution in [0.1, 0.15) is 61.7 Å². The molecule has 0 aliphatic carbocycles. The standard InChI is InChI=1S/C36H36F3N3O3S/c1-6-44-34(43)27(19-23-10-12-24(13-11-23)28-15-14-25(20-41-28)36(37,38)39)32-33(46-35(3,4)5)31-22(2)30(17-16-29(31)42-32)45-21-26-9-7-8-18-40-26/h7-18,20,27,42H,6,19,21H2,1-5H3. The SMILES string of the molecule is CCOC(=O)C(Cc1ccc(-c2ccc(C(F)(F)F)cn2)cc1)c1[nH]c2ccc(OCc3ccccn3)c(C)c2c1SC(C)(C)C. The number of esters is 1. The number of ether oxygens (including phenoxy) is 2. The van der Waals surface area contributed by atoms with E-state index in [4.69, 9.17) is 9.47 Å². The summed E-state index contributed by atoms with van der Waals surface area (Å²) in [5, 5.41) is 0.992. The van der Waals surface area contributed by atoms with Gasteiger partial charge in [0, 0.05) is 49.8 Å². The molecule has 3 aromatic heterocycles. The maximum atomic E-state index is 13.6. The van der Waals surface area contributed by atoms with Gasteiger partial charge in [0.25, 0.3) is 0 Å². The molecular formula is C36H36F3N3O3S. The van der Waals surface area contributed by atoms with Crippen molar-refractivity contribution in [1.29, 1.82) is 0 Å². The fourth-order valence-electron chi connectivity index (χ4n) is 5.20. The highest BCUT2D eigenvalue weighted by atomic mass is 32.2. The second-order valence-electron chi connectivity index (χ2n) is 11.9. The van der Waals surface area contributed by atoms with E-state index < -0.39 is 17.7 Å². The monoisotopic (exact) mass is 647 g/mol. The number of nitrogens with one attached hydrogen (secondary N) is 1. The first-order valence-corrected chi connectivity index (χ1v) is 15.8. The van der Waals surface area contributed by atoms with E-state index >= 15 is 0 Å². The molecule has 46 heavy (non-hydrogen) atoms. The van der Waals surface area contributed by atoms with Crippen LogP contribution < -0.4 is 4.74 Å². The minimum Gasteiger partial charge on any atom is -0.487 e. The van der Waals surface area contributed by atoms with Gasteiger partial charge in [-0.05, 0) is 62.2 Å². The number of alkyl halides is 3. The fraction of sp³-hybridized carbons (Fsp3) is 0.306. The third-order valence-corrected chi connectivity index (χ3v) is 8.61. The third-order valence-electron chi connectivity index (χ3n) is 7.37. The highest BCUT2D eigenvalue weighted by Crippen LogP contribution is 2.45. The summed E-state index contributed by atoms with van der Waals surface area (Å²) in [6.07, 6.45) is -1.52. The van der Waals surface area contributed by atoms with Crippen molar-refractivity contribution in [2.75, 3.05) is 6.61 Å². The molecule has 6 nitrogen and oxygen atoms in total. The van der Waals surface area contributed by atoms with Crippen LogP contribution in [0.5, 0.6) is 5.75 Å². The lowest BCUT2D eigenvalue weighted by Gasteiger charge is -2.22. The van der Waals surface area contributed by atoms with Gasteiger partial charge < -0.3 is 14.5 Å². The van der Waals surface area contributed by atoms with Crippen LogP contribution in [-0.2, 0) is 28.7 Å². The van der Waals surface area contributed by atoms with Gasteiger partial charge in [0.15, 0.2) is 0 Å². The average molecular weight is 648 g/mol. The topological polar surface area (TPSA) is 77.1 Å². The Balaban J connectivity index is 1.50. The molecule has 1 N–H and O–H groups in total. The Kier molecular flexibility index (Phi) is 9.76. The summed E-state index contributed by atoms with van der Waals surface area (Å²) >= 11 is 1.68. The minimum atomic E-state index is -4.45. The maximum Gasteiger partial charge on any atom is 0.417 e. The Bertz CT molecular complexity index is 1800. The van der Waals surface area contributed by atoms with Crippen molar-refractivity contribution in [3.8, 4) is 17.0 Å². The molecule has 0 aliphatic rings. The Morgan fingerprint density at radius 2 is 1.74 bits per heavy atom. The Labute approximate surface area is 270 Å². The molecule has 0 bridgehead atoms. The number of benzene rings is 2. The van der Waals surface area contributed by atoms with Gasteiger partial charge in [0.1, 0.15) is 18.3 Å². The molecule has 5 rings (SSSR count). The Hall–Kier alpha value is -4.31. The minimum absolute atomic E-state index is 0.170. The number of aromatic amines is 1. The summed E-state index contributed by atoms with van der Waals surface area (Å²) in [6, 6.07) is 19.3. The van der Waals surface area contributed by atoms with Gasteiger partial charge >= 0.3 is 12.1 Å². The Morgan fingerprint density at radius 3 is 2.35 bits per heavy atom. The van der Waals surface area contributed by atoms with Crippen molar-refractivity contribution in [3.63, 3.8) is 0 Å². The zero-order valence-corrected chi connectivity index (χ0v) is 27.2. The van der Waals surface area contributed by atoms with Crippen LogP contribution in [0.2, 0.25) is 0 Å². The van der Waals surface area contributed by atoms with Crippen LogP contribution in [-0.4, -0.2) is 32.3 Å². The number of nitrogens with zero attached hydrogens (tertiary/aromatic N) is 2. The lowest BCUT2D eigenvalue weighted by atomic mass is 9.94. The number of carbonyl (C=O) groups is 1. The van der Waals surface area contributed by atoms with Crippen LogP contribution in [0.3, 0.4) is 0 Å². The van der Waals surface area contributed by atoms with Gasteiger partial charge in [-0.3, -0.25) is 14.8 Å². The molecule has 0 spiro atoms. The van der Waals surface area contributed by atoms with Gasteiger partial charge in [0.05, 0.1) is 23.6 Å². The molecule has 0 saturated heterocycles. The van der Waals surface area contributed by atoms with Crippen LogP contribution in [0.15, 0.2) is 84.0 Å². The highest BCUT2D eigenvalue weighted by molar-refractivity contribution is 8.00. The van der Waals surface area contributed by atoms with E-state index in [9.17, 15) is 18.0 Å². The second kappa shape index (κ2) is 13.6. The van der Waals surface area contributed by atoms with E-state index in [-0.39, 0.29) is 17.3 Å². The number of fused-ring (bicyclic) bond motifs is 1. The third kappa shape index (κ3) is 7.73. The molecule has 0 aliphatic heterocycles. The zero-order valence-electron chi connectivity index (χ0n) is 26.4. The van der Waals surface area contributed by atoms with E-state index in [1.54, 1.807) is 37.0 Å². The first kappa shape index (κ1) is 33.1. The van der Waals surface area contributed by atoms with Crippen LogP contribution in [0.25, 0.3) is 22.2 Å². The first-order valence-electron chi connectivity index (χ1n) is 15.0. The number of aromatic nitrogens is 3. The molecule has 3 heterocycles. The molecule has 0 saturated carbocycles. The fourth-order valence-corrected chi connectivity index (χ4v) is 6.48. The maximum absolute atomic E-state index is 13.6. The van der Waals surface area contributed by atoms with E-state index in [1.165, 1.54) is 6.07 Å². The van der Waals surface area contributed by atoms with E-state index in [2.05, 4.69) is 35.7 Å². The average Bonchev–Trinajstić information content (AvgIpc) is 3.37. The number of hydrogen-bond donors (Lipinski definition) is 1. The van der Waals surface area contributed by atoms with E-state index in [0.29, 0.717) is 24.3 Å². The molecule has 1 unspecified atom stereocenters. The first-order chi connectivity index (χ1) is 21.8. The number of carbonyl (C=O) groups excluding carboxylic acids is 1. The number of H-pyrrole nitrogens is 1. The molecular weight excluding hydrogens is 611 g/mol. The molecule has 0 fully saturated rings. The molecule has 10 heteroatoms. The van der Waals surface area contributed by atoms with E-state index in [1.807, 2.05) is 49.4 Å². The highest BCUT2D eigenvalue weighted by Gasteiger charge is 2.32. The summed E-state index contributed by atoms with van der Waals surface area (Å²) in [5.41, 5.74) is 4.62. The van der Waals surface area contributed by atoms with Gasteiger partial charge in [-0.2, -0.15) is 13.2 Å². The molecule has 5 aromatic rings. The molecule has 0 amide bonds. The van der Waals surface area contributed by atoms with Gasteiger partial charge in [-0.15, -0.1) is 11.8 Å². The summed E-state index contributed by atoms with van der Waals surface area (Å²) in [6.45, 7) is 10.8. The summed E-state index contributed by atoms with van der Waals surface area (Å²) in [4.78, 5) is 26.5. The normalized spacial score (nSPS) is 12.7. The number of aryl methyl sites for hydroxylation is 1. The smallest absolute Gasteiger partial charge is 0.417 e. The second-order valence-corrected chi connectivity index (χ2v) is 13.8. The zero-order chi connectivity index (χ0) is 33.1. The van der Waals surface area contributed by atoms with E-state index in [0.717, 1.165) is 56.3 Å². The van der Waals surface area contributed by atoms with Crippen molar-refractivity contribution < 1.29 is 27.4 Å². The number of pyridine rings is 2. The predicted octanol–water partition coefficient (Wildman–Crippen LogP) is 9.31. The Morgan fingerprint density at radius 1 is 0.978 bits per heavy atom. The number of halogens is 3. The van der Waals surface area contributed by atoms with Crippen molar-refractivity contribution in [1.82, 2.24) is 15.0 Å². The van der Waals surface area contributed by atoms with Crippen molar-refractivity contribution in [3.05, 3.63) is 107 Å². The quantitative estimate of drug-likeness (QED) is 0.120.